The van der Waals surface area contributed by atoms with Gasteiger partial charge in [0.2, 0.25) is 0 Å². The highest BCUT2D eigenvalue weighted by atomic mass is 14.6. The highest BCUT2D eigenvalue weighted by Gasteiger charge is 2.25. The fourth-order valence-corrected chi connectivity index (χ4v) is 1.96. The minimum absolute atomic E-state index is 0.419. The molecule has 0 aromatic carbocycles. The third-order valence-corrected chi connectivity index (χ3v) is 2.60. The van der Waals surface area contributed by atoms with Gasteiger partial charge in [-0.1, -0.05) is 19.8 Å². The van der Waals surface area contributed by atoms with Crippen molar-refractivity contribution < 1.29 is 0 Å². The molecule has 54 valence electrons. The van der Waals surface area contributed by atoms with Crippen molar-refractivity contribution in [1.82, 2.24) is 0 Å². The van der Waals surface area contributed by atoms with Gasteiger partial charge in [-0.05, 0) is 25.2 Å². The van der Waals surface area contributed by atoms with Crippen LogP contribution in [0.1, 0.15) is 33.1 Å². The van der Waals surface area contributed by atoms with Gasteiger partial charge in [-0.25, -0.2) is 0 Å². The summed E-state index contributed by atoms with van der Waals surface area (Å²) in [7, 11) is 0. The molecule has 1 aliphatic rings. The number of hydrogen-bond donors (Lipinski definition) is 1. The van der Waals surface area contributed by atoms with Crippen LogP contribution in [0.5, 0.6) is 0 Å². The first-order valence-electron chi connectivity index (χ1n) is 3.97. The van der Waals surface area contributed by atoms with Crippen molar-refractivity contribution in [2.45, 2.75) is 39.2 Å². The fourth-order valence-electron chi connectivity index (χ4n) is 1.96. The third-order valence-electron chi connectivity index (χ3n) is 2.60. The Morgan fingerprint density at radius 1 is 1.44 bits per heavy atom. The van der Waals surface area contributed by atoms with E-state index in [0.717, 1.165) is 11.8 Å². The molecule has 0 amide bonds. The monoisotopic (exact) mass is 127 g/mol. The molecule has 1 nitrogen and oxygen atoms in total. The summed E-state index contributed by atoms with van der Waals surface area (Å²) in [5, 5.41) is 0. The van der Waals surface area contributed by atoms with Crippen molar-refractivity contribution in [3.8, 4) is 0 Å². The molecule has 2 unspecified atom stereocenters. The molecular formula is C8H17N. The van der Waals surface area contributed by atoms with E-state index in [1.807, 2.05) is 0 Å². The van der Waals surface area contributed by atoms with Crippen molar-refractivity contribution >= 4 is 0 Å². The van der Waals surface area contributed by atoms with E-state index in [0.29, 0.717) is 6.04 Å². The van der Waals surface area contributed by atoms with Crippen LogP contribution in [0.15, 0.2) is 0 Å². The van der Waals surface area contributed by atoms with E-state index in [4.69, 9.17) is 5.73 Å². The normalized spacial score (nSPS) is 39.0. The van der Waals surface area contributed by atoms with E-state index < -0.39 is 0 Å². The molecule has 3 atom stereocenters. The molecule has 1 aliphatic carbocycles. The summed E-state index contributed by atoms with van der Waals surface area (Å²) in [6.45, 7) is 4.45. The van der Waals surface area contributed by atoms with Crippen molar-refractivity contribution in [2.75, 3.05) is 0 Å². The Morgan fingerprint density at radius 2 is 2.11 bits per heavy atom. The summed E-state index contributed by atoms with van der Waals surface area (Å²) in [5.74, 6) is 1.69. The minimum atomic E-state index is 0.419. The molecule has 0 heterocycles. The predicted octanol–water partition coefficient (Wildman–Crippen LogP) is 1.77. The summed E-state index contributed by atoms with van der Waals surface area (Å²) in [6, 6.07) is 0.419. The average Bonchev–Trinajstić information content (AvgIpc) is 2.13. The standard InChI is InChI=1S/C8H17N/c1-6-4-3-5-8(6)7(2)9/h6-8H,3-5,9H2,1-2H3/t6?,7-,8?/m1/s1. The maximum Gasteiger partial charge on any atom is 0.00413 e. The summed E-state index contributed by atoms with van der Waals surface area (Å²) < 4.78 is 0. The van der Waals surface area contributed by atoms with Gasteiger partial charge in [0.25, 0.3) is 0 Å². The maximum absolute atomic E-state index is 5.79. The van der Waals surface area contributed by atoms with Crippen LogP contribution in [0.3, 0.4) is 0 Å². The largest absolute Gasteiger partial charge is 0.328 e. The zero-order valence-corrected chi connectivity index (χ0v) is 6.43. The lowest BCUT2D eigenvalue weighted by Crippen LogP contribution is -2.27. The maximum atomic E-state index is 5.79. The van der Waals surface area contributed by atoms with Crippen molar-refractivity contribution in [1.29, 1.82) is 0 Å². The molecule has 1 heteroatoms. The summed E-state index contributed by atoms with van der Waals surface area (Å²) >= 11 is 0. The highest BCUT2D eigenvalue weighted by Crippen LogP contribution is 2.32. The van der Waals surface area contributed by atoms with Crippen molar-refractivity contribution in [3.63, 3.8) is 0 Å². The minimum Gasteiger partial charge on any atom is -0.328 e. The molecule has 0 aromatic heterocycles. The lowest BCUT2D eigenvalue weighted by molar-refractivity contribution is 0.361. The molecule has 0 spiro atoms. The Morgan fingerprint density at radius 3 is 2.33 bits per heavy atom. The van der Waals surface area contributed by atoms with Crippen LogP contribution >= 0.6 is 0 Å². The van der Waals surface area contributed by atoms with Gasteiger partial charge in [0.05, 0.1) is 0 Å². The summed E-state index contributed by atoms with van der Waals surface area (Å²) in [5.41, 5.74) is 5.79. The molecule has 1 rings (SSSR count). The van der Waals surface area contributed by atoms with E-state index in [1.54, 1.807) is 0 Å². The number of nitrogens with two attached hydrogens (primary N) is 1. The Bertz CT molecular complexity index is 88.6. The molecule has 2 N–H and O–H groups in total. The molecule has 1 fully saturated rings. The van der Waals surface area contributed by atoms with Gasteiger partial charge in [-0.15, -0.1) is 0 Å². The van der Waals surface area contributed by atoms with Gasteiger partial charge in [-0.3, -0.25) is 0 Å². The van der Waals surface area contributed by atoms with E-state index >= 15 is 0 Å². The van der Waals surface area contributed by atoms with Gasteiger partial charge in [-0.2, -0.15) is 0 Å². The van der Waals surface area contributed by atoms with Gasteiger partial charge in [0.15, 0.2) is 0 Å². The molecule has 9 heavy (non-hydrogen) atoms. The van der Waals surface area contributed by atoms with Crippen LogP contribution in [-0.4, -0.2) is 6.04 Å². The molecule has 0 bridgehead atoms. The molecule has 0 aromatic rings. The zero-order valence-electron chi connectivity index (χ0n) is 6.43. The lowest BCUT2D eigenvalue weighted by Gasteiger charge is -2.18. The summed E-state index contributed by atoms with van der Waals surface area (Å²) in [4.78, 5) is 0. The molecule has 0 radical (unpaired) electrons. The molecule has 1 saturated carbocycles. The van der Waals surface area contributed by atoms with Crippen LogP contribution in [0.2, 0.25) is 0 Å². The predicted molar refractivity (Wildman–Crippen MR) is 40.2 cm³/mol. The van der Waals surface area contributed by atoms with Gasteiger partial charge >= 0.3 is 0 Å². The van der Waals surface area contributed by atoms with Crippen LogP contribution in [0.25, 0.3) is 0 Å². The Kier molecular flexibility index (Phi) is 2.12. The molecular weight excluding hydrogens is 110 g/mol. The first-order valence-corrected chi connectivity index (χ1v) is 3.97. The smallest absolute Gasteiger partial charge is 0.00413 e. The number of rotatable bonds is 1. The van der Waals surface area contributed by atoms with E-state index in [2.05, 4.69) is 13.8 Å². The second-order valence-corrected chi connectivity index (χ2v) is 3.43. The van der Waals surface area contributed by atoms with Gasteiger partial charge < -0.3 is 5.73 Å². The third kappa shape index (κ3) is 1.45. The van der Waals surface area contributed by atoms with Crippen LogP contribution in [0, 0.1) is 11.8 Å². The van der Waals surface area contributed by atoms with Crippen LogP contribution in [0.4, 0.5) is 0 Å². The lowest BCUT2D eigenvalue weighted by atomic mass is 9.92. The topological polar surface area (TPSA) is 26.0 Å². The SMILES string of the molecule is CC1CCCC1[C@@H](C)N. The van der Waals surface area contributed by atoms with Crippen LogP contribution in [-0.2, 0) is 0 Å². The molecule has 0 aliphatic heterocycles. The Balaban J connectivity index is 2.40. The first-order chi connectivity index (χ1) is 4.22. The zero-order chi connectivity index (χ0) is 6.85. The quantitative estimate of drug-likeness (QED) is 0.570. The van der Waals surface area contributed by atoms with Crippen molar-refractivity contribution in [3.05, 3.63) is 0 Å². The van der Waals surface area contributed by atoms with Gasteiger partial charge in [0, 0.05) is 6.04 Å². The number of hydrogen-bond acceptors (Lipinski definition) is 1. The second-order valence-electron chi connectivity index (χ2n) is 3.43. The van der Waals surface area contributed by atoms with E-state index in [9.17, 15) is 0 Å². The first kappa shape index (κ1) is 7.07. The Labute approximate surface area is 57.6 Å². The summed E-state index contributed by atoms with van der Waals surface area (Å²) in [6.07, 6.45) is 4.15. The van der Waals surface area contributed by atoms with Crippen molar-refractivity contribution in [2.24, 2.45) is 17.6 Å². The van der Waals surface area contributed by atoms with E-state index in [1.165, 1.54) is 19.3 Å². The van der Waals surface area contributed by atoms with Gasteiger partial charge in [0.1, 0.15) is 0 Å². The average molecular weight is 127 g/mol. The Hall–Kier alpha value is -0.0400. The van der Waals surface area contributed by atoms with Crippen LogP contribution < -0.4 is 5.73 Å². The highest BCUT2D eigenvalue weighted by molar-refractivity contribution is 4.79. The fraction of sp³-hybridized carbons (Fsp3) is 1.00. The second kappa shape index (κ2) is 2.70. The van der Waals surface area contributed by atoms with E-state index in [-0.39, 0.29) is 0 Å². The molecule has 0 saturated heterocycles.